The molecular formula is C25H30N6O4. The molecule has 0 radical (unpaired) electrons. The van der Waals surface area contributed by atoms with Crippen LogP contribution in [0.15, 0.2) is 58.4 Å². The zero-order chi connectivity index (χ0) is 24.9. The van der Waals surface area contributed by atoms with E-state index in [0.29, 0.717) is 6.54 Å². The lowest BCUT2D eigenvalue weighted by atomic mass is 10.1. The van der Waals surface area contributed by atoms with Crippen LogP contribution in [0.1, 0.15) is 38.7 Å². The quantitative estimate of drug-likeness (QED) is 0.376. The molecule has 0 fully saturated rings. The van der Waals surface area contributed by atoms with Gasteiger partial charge < -0.3 is 4.57 Å². The number of amides is 2. The number of carbonyl (C=O) groups excluding carboxylic acids is 2. The number of benzene rings is 1. The predicted molar refractivity (Wildman–Crippen MR) is 131 cm³/mol. The fraction of sp³-hybridized carbons (Fsp3) is 0.400. The summed E-state index contributed by atoms with van der Waals surface area (Å²) < 4.78 is 4.01. The van der Waals surface area contributed by atoms with E-state index < -0.39 is 23.7 Å². The molecule has 0 bridgehead atoms. The third-order valence-electron chi connectivity index (χ3n) is 5.93. The van der Waals surface area contributed by atoms with Gasteiger partial charge in [-0.1, -0.05) is 56.3 Å². The summed E-state index contributed by atoms with van der Waals surface area (Å²) in [7, 11) is 0. The summed E-state index contributed by atoms with van der Waals surface area (Å²) in [6, 6.07) is 9.36. The summed E-state index contributed by atoms with van der Waals surface area (Å²) in [4.78, 5) is 55.8. The van der Waals surface area contributed by atoms with Crippen LogP contribution in [0.2, 0.25) is 0 Å². The zero-order valence-corrected chi connectivity index (χ0v) is 19.9. The first-order chi connectivity index (χ1) is 16.8. The first-order valence-electron chi connectivity index (χ1n) is 11.8. The van der Waals surface area contributed by atoms with Crippen molar-refractivity contribution in [2.24, 2.45) is 11.8 Å². The summed E-state index contributed by atoms with van der Waals surface area (Å²) in [5.74, 6) is -0.597. The van der Waals surface area contributed by atoms with E-state index in [1.165, 1.54) is 4.57 Å². The van der Waals surface area contributed by atoms with Crippen LogP contribution in [0.4, 0.5) is 0 Å². The average Bonchev–Trinajstić information content (AvgIpc) is 3.48. The van der Waals surface area contributed by atoms with Gasteiger partial charge >= 0.3 is 5.69 Å². The van der Waals surface area contributed by atoms with E-state index in [2.05, 4.69) is 15.8 Å². The van der Waals surface area contributed by atoms with Gasteiger partial charge in [0.25, 0.3) is 11.5 Å². The van der Waals surface area contributed by atoms with Gasteiger partial charge in [-0.05, 0) is 30.2 Å². The molecule has 2 N–H and O–H groups in total. The number of nitrogens with zero attached hydrogens (tertiary/aromatic N) is 4. The van der Waals surface area contributed by atoms with Gasteiger partial charge in [0.2, 0.25) is 5.91 Å². The first kappa shape index (κ1) is 24.2. The number of hydrazine groups is 1. The van der Waals surface area contributed by atoms with Crippen molar-refractivity contribution in [1.82, 2.24) is 29.5 Å². The van der Waals surface area contributed by atoms with Crippen LogP contribution in [0, 0.1) is 11.8 Å². The Labute approximate surface area is 202 Å². The van der Waals surface area contributed by atoms with Crippen LogP contribution >= 0.6 is 0 Å². The molecule has 10 heteroatoms. The molecule has 0 aliphatic heterocycles. The number of imidazole rings is 1. The maximum absolute atomic E-state index is 13.3. The molecule has 2 aromatic heterocycles. The van der Waals surface area contributed by atoms with Crippen molar-refractivity contribution in [3.8, 4) is 0 Å². The number of carbonyl (C=O) groups is 2. The second-order valence-corrected chi connectivity index (χ2v) is 9.27. The fourth-order valence-corrected chi connectivity index (χ4v) is 4.30. The Bertz CT molecular complexity index is 1370. The number of rotatable bonds is 8. The van der Waals surface area contributed by atoms with Crippen molar-refractivity contribution in [2.45, 2.75) is 52.7 Å². The van der Waals surface area contributed by atoms with E-state index in [-0.39, 0.29) is 41.9 Å². The Morgan fingerprint density at radius 1 is 1.09 bits per heavy atom. The number of fused-ring (bicyclic) bond motifs is 1. The maximum Gasteiger partial charge on any atom is 0.333 e. The molecule has 1 aliphatic rings. The summed E-state index contributed by atoms with van der Waals surface area (Å²) in [5.41, 5.74) is 4.87. The molecule has 184 valence electrons. The van der Waals surface area contributed by atoms with Crippen LogP contribution < -0.4 is 22.1 Å². The van der Waals surface area contributed by atoms with Gasteiger partial charge in [-0.3, -0.25) is 29.8 Å². The number of aromatic nitrogens is 4. The summed E-state index contributed by atoms with van der Waals surface area (Å²) >= 11 is 0. The molecule has 1 aliphatic carbocycles. The largest absolute Gasteiger partial charge is 0.333 e. The Balaban J connectivity index is 1.62. The maximum atomic E-state index is 13.3. The topological polar surface area (TPSA) is 120 Å². The van der Waals surface area contributed by atoms with Crippen LogP contribution in [0.25, 0.3) is 11.2 Å². The van der Waals surface area contributed by atoms with Gasteiger partial charge in [-0.15, -0.1) is 0 Å². The third-order valence-corrected chi connectivity index (χ3v) is 5.93. The van der Waals surface area contributed by atoms with Gasteiger partial charge in [0.15, 0.2) is 11.2 Å². The van der Waals surface area contributed by atoms with Gasteiger partial charge in [0.1, 0.15) is 6.54 Å². The molecule has 3 aromatic rings. The summed E-state index contributed by atoms with van der Waals surface area (Å²) in [6.07, 6.45) is 7.69. The van der Waals surface area contributed by atoms with Crippen LogP contribution in [-0.2, 0) is 29.2 Å². The van der Waals surface area contributed by atoms with E-state index in [1.807, 2.05) is 56.3 Å². The molecule has 10 nitrogen and oxygen atoms in total. The highest BCUT2D eigenvalue weighted by molar-refractivity contribution is 5.82. The minimum absolute atomic E-state index is 0.156. The summed E-state index contributed by atoms with van der Waals surface area (Å²) in [6.45, 7) is 4.23. The predicted octanol–water partition coefficient (Wildman–Crippen LogP) is 1.57. The van der Waals surface area contributed by atoms with Gasteiger partial charge in [-0.2, -0.15) is 0 Å². The van der Waals surface area contributed by atoms with E-state index in [4.69, 9.17) is 0 Å². The minimum Gasteiger partial charge on any atom is -0.324 e. The smallest absolute Gasteiger partial charge is 0.324 e. The van der Waals surface area contributed by atoms with Crippen molar-refractivity contribution in [3.05, 3.63) is 75.2 Å². The Morgan fingerprint density at radius 2 is 1.83 bits per heavy atom. The number of nitrogens with one attached hydrogen (secondary N) is 2. The van der Waals surface area contributed by atoms with Gasteiger partial charge in [0, 0.05) is 13.0 Å². The monoisotopic (exact) mass is 478 g/mol. The molecular weight excluding hydrogens is 448 g/mol. The first-order valence-corrected chi connectivity index (χ1v) is 11.8. The lowest BCUT2D eigenvalue weighted by molar-refractivity contribution is -0.129. The average molecular weight is 479 g/mol. The lowest BCUT2D eigenvalue weighted by Gasteiger charge is -2.14. The van der Waals surface area contributed by atoms with Crippen molar-refractivity contribution in [2.75, 3.05) is 0 Å². The van der Waals surface area contributed by atoms with Crippen molar-refractivity contribution < 1.29 is 9.59 Å². The second kappa shape index (κ2) is 10.5. The zero-order valence-electron chi connectivity index (χ0n) is 19.9. The standard InChI is InChI=1S/C25H30N6O4/c1-17(2)13-29-16-26-23-22(29)24(34)31(25(35)30(23)14-19-10-4-3-5-11-19)15-21(33)28-27-20(32)12-18-8-6-7-9-18/h3-6,8,10-11,16-18H,7,9,12-15H2,1-2H3,(H,27,32)(H,28,33). The van der Waals surface area contributed by atoms with E-state index in [0.717, 1.165) is 23.0 Å². The second-order valence-electron chi connectivity index (χ2n) is 9.27. The molecule has 2 amide bonds. The molecule has 0 spiro atoms. The highest BCUT2D eigenvalue weighted by atomic mass is 16.2. The summed E-state index contributed by atoms with van der Waals surface area (Å²) in [5, 5.41) is 0. The molecule has 4 rings (SSSR count). The SMILES string of the molecule is CC(C)Cn1cnc2c1c(=O)n(CC(=O)NNC(=O)CC1C=CCC1)c(=O)n2Cc1ccccc1. The molecule has 2 heterocycles. The molecule has 0 saturated carbocycles. The van der Waals surface area contributed by atoms with Crippen molar-refractivity contribution in [3.63, 3.8) is 0 Å². The number of allylic oxidation sites excluding steroid dienone is 2. The van der Waals surface area contributed by atoms with Crippen LogP contribution in [0.5, 0.6) is 0 Å². The third kappa shape index (κ3) is 5.59. The highest BCUT2D eigenvalue weighted by Crippen LogP contribution is 2.19. The van der Waals surface area contributed by atoms with E-state index >= 15 is 0 Å². The highest BCUT2D eigenvalue weighted by Gasteiger charge is 2.21. The Morgan fingerprint density at radius 3 is 2.51 bits per heavy atom. The molecule has 35 heavy (non-hydrogen) atoms. The molecule has 1 atom stereocenters. The lowest BCUT2D eigenvalue weighted by Crippen LogP contribution is -2.48. The Kier molecular flexibility index (Phi) is 7.28. The van der Waals surface area contributed by atoms with Gasteiger partial charge in [0.05, 0.1) is 12.9 Å². The van der Waals surface area contributed by atoms with Crippen LogP contribution in [-0.4, -0.2) is 30.5 Å². The number of hydrogen-bond acceptors (Lipinski definition) is 5. The molecule has 1 aromatic carbocycles. The van der Waals surface area contributed by atoms with Crippen LogP contribution in [0.3, 0.4) is 0 Å². The fourth-order valence-electron chi connectivity index (χ4n) is 4.30. The van der Waals surface area contributed by atoms with E-state index in [1.54, 1.807) is 10.9 Å². The molecule has 0 saturated heterocycles. The van der Waals surface area contributed by atoms with Crippen molar-refractivity contribution >= 4 is 23.0 Å². The normalized spacial score (nSPS) is 15.1. The van der Waals surface area contributed by atoms with Gasteiger partial charge in [-0.25, -0.2) is 14.3 Å². The number of hydrogen-bond donors (Lipinski definition) is 2. The van der Waals surface area contributed by atoms with E-state index in [9.17, 15) is 19.2 Å². The molecule has 1 unspecified atom stereocenters. The minimum atomic E-state index is -0.667. The Hall–Kier alpha value is -3.95. The van der Waals surface area contributed by atoms with Crippen molar-refractivity contribution in [1.29, 1.82) is 0 Å².